The maximum Gasteiger partial charge on any atom is 0.271 e. The van der Waals surface area contributed by atoms with Crippen LogP contribution in [0.25, 0.3) is 0 Å². The molecule has 0 radical (unpaired) electrons. The Balaban J connectivity index is 2.01. The van der Waals surface area contributed by atoms with Crippen molar-refractivity contribution in [3.05, 3.63) is 58.6 Å². The molecule has 0 aliphatic rings. The molecule has 0 saturated carbocycles. The van der Waals surface area contributed by atoms with Gasteiger partial charge < -0.3 is 9.47 Å². The van der Waals surface area contributed by atoms with Gasteiger partial charge >= 0.3 is 0 Å². The molecular weight excluding hydrogens is 340 g/mol. The maximum atomic E-state index is 12.0. The van der Waals surface area contributed by atoms with Gasteiger partial charge in [0.1, 0.15) is 0 Å². The van der Waals surface area contributed by atoms with E-state index in [9.17, 15) is 4.79 Å². The molecule has 6 heteroatoms. The summed E-state index contributed by atoms with van der Waals surface area (Å²) in [7, 11) is 1.58. The summed E-state index contributed by atoms with van der Waals surface area (Å²) in [6.07, 6.45) is 1.54. The van der Waals surface area contributed by atoms with Gasteiger partial charge in [0.25, 0.3) is 5.91 Å². The molecule has 0 aliphatic heterocycles. The summed E-state index contributed by atoms with van der Waals surface area (Å²) in [6, 6.07) is 12.1. The molecule has 0 heterocycles. The van der Waals surface area contributed by atoms with Gasteiger partial charge in [-0.25, -0.2) is 5.43 Å². The number of hydrogen-bond acceptors (Lipinski definition) is 4. The molecule has 2 rings (SSSR count). The van der Waals surface area contributed by atoms with E-state index >= 15 is 0 Å². The van der Waals surface area contributed by atoms with Crippen LogP contribution >= 0.6 is 11.6 Å². The monoisotopic (exact) mass is 360 g/mol. The molecule has 0 unspecified atom stereocenters. The summed E-state index contributed by atoms with van der Waals surface area (Å²) < 4.78 is 11.0. The number of halogens is 1. The zero-order chi connectivity index (χ0) is 18.2. The lowest BCUT2D eigenvalue weighted by molar-refractivity contribution is 0.0955. The topological polar surface area (TPSA) is 59.9 Å². The Morgan fingerprint density at radius 1 is 1.24 bits per heavy atom. The van der Waals surface area contributed by atoms with Crippen LogP contribution in [0.1, 0.15) is 29.8 Å². The van der Waals surface area contributed by atoms with Crippen LogP contribution in [0.3, 0.4) is 0 Å². The summed E-state index contributed by atoms with van der Waals surface area (Å²) in [5.74, 6) is 1.39. The van der Waals surface area contributed by atoms with Crippen LogP contribution < -0.4 is 14.9 Å². The molecule has 2 aromatic rings. The molecular formula is C19H21ClN2O3. The number of hydrazone groups is 1. The van der Waals surface area contributed by atoms with Crippen molar-refractivity contribution in [2.45, 2.75) is 13.8 Å². The van der Waals surface area contributed by atoms with Gasteiger partial charge in [0.05, 0.1) is 19.9 Å². The smallest absolute Gasteiger partial charge is 0.271 e. The molecule has 0 spiro atoms. The number of methoxy groups -OCH3 is 1. The number of hydrogen-bond donors (Lipinski definition) is 1. The molecule has 0 aromatic heterocycles. The zero-order valence-corrected chi connectivity index (χ0v) is 15.2. The number of benzene rings is 2. The predicted molar refractivity (Wildman–Crippen MR) is 99.8 cm³/mol. The summed E-state index contributed by atoms with van der Waals surface area (Å²) in [6.45, 7) is 4.77. The minimum Gasteiger partial charge on any atom is -0.493 e. The standard InChI is InChI=1S/C19H21ClN2O3/c1-13(2)12-25-17-8-7-14(9-18(17)24-3)11-21-22-19(23)15-5-4-6-16(20)10-15/h4-11,13H,12H2,1-3H3,(H,22,23)/b21-11-. The van der Waals surface area contributed by atoms with E-state index in [0.29, 0.717) is 34.6 Å². The van der Waals surface area contributed by atoms with Crippen molar-refractivity contribution in [1.29, 1.82) is 0 Å². The van der Waals surface area contributed by atoms with Gasteiger partial charge in [-0.1, -0.05) is 31.5 Å². The Kier molecular flexibility index (Phi) is 6.83. The summed E-state index contributed by atoms with van der Waals surface area (Å²) in [5, 5.41) is 4.46. The summed E-state index contributed by atoms with van der Waals surface area (Å²) >= 11 is 5.87. The first-order valence-electron chi connectivity index (χ1n) is 7.89. The van der Waals surface area contributed by atoms with Gasteiger partial charge in [0.15, 0.2) is 11.5 Å². The van der Waals surface area contributed by atoms with E-state index in [1.807, 2.05) is 12.1 Å². The van der Waals surface area contributed by atoms with Gasteiger partial charge in [-0.2, -0.15) is 5.10 Å². The number of rotatable bonds is 7. The van der Waals surface area contributed by atoms with Crippen molar-refractivity contribution < 1.29 is 14.3 Å². The van der Waals surface area contributed by atoms with Crippen LogP contribution in [0.2, 0.25) is 5.02 Å². The number of amides is 1. The van der Waals surface area contributed by atoms with Crippen LogP contribution in [0.15, 0.2) is 47.6 Å². The van der Waals surface area contributed by atoms with Gasteiger partial charge in [-0.15, -0.1) is 0 Å². The Hall–Kier alpha value is -2.53. The molecule has 0 bridgehead atoms. The molecule has 1 amide bonds. The Morgan fingerprint density at radius 3 is 2.72 bits per heavy atom. The highest BCUT2D eigenvalue weighted by Crippen LogP contribution is 2.27. The SMILES string of the molecule is COc1cc(/C=N\NC(=O)c2cccc(Cl)c2)ccc1OCC(C)C. The van der Waals surface area contributed by atoms with Crippen molar-refractivity contribution in [2.75, 3.05) is 13.7 Å². The number of carbonyl (C=O) groups is 1. The lowest BCUT2D eigenvalue weighted by Crippen LogP contribution is -2.17. The minimum atomic E-state index is -0.331. The fraction of sp³-hybridized carbons (Fsp3) is 0.263. The Morgan fingerprint density at radius 2 is 2.04 bits per heavy atom. The second-order valence-electron chi connectivity index (χ2n) is 5.82. The van der Waals surface area contributed by atoms with Crippen LogP contribution in [0, 0.1) is 5.92 Å². The maximum absolute atomic E-state index is 12.0. The average molecular weight is 361 g/mol. The van der Waals surface area contributed by atoms with Gasteiger partial charge in [-0.3, -0.25) is 4.79 Å². The third-order valence-corrected chi connectivity index (χ3v) is 3.46. The van der Waals surface area contributed by atoms with Crippen molar-refractivity contribution in [2.24, 2.45) is 11.0 Å². The Labute approximate surface area is 152 Å². The van der Waals surface area contributed by atoms with Crippen LogP contribution in [0.5, 0.6) is 11.5 Å². The number of nitrogens with zero attached hydrogens (tertiary/aromatic N) is 1. The lowest BCUT2D eigenvalue weighted by atomic mass is 10.2. The second-order valence-corrected chi connectivity index (χ2v) is 6.26. The predicted octanol–water partition coefficient (Wildman–Crippen LogP) is 4.15. The number of nitrogens with one attached hydrogen (secondary N) is 1. The third kappa shape index (κ3) is 5.80. The van der Waals surface area contributed by atoms with E-state index in [1.165, 1.54) is 6.21 Å². The van der Waals surface area contributed by atoms with E-state index in [4.69, 9.17) is 21.1 Å². The number of carbonyl (C=O) groups excluding carboxylic acids is 1. The van der Waals surface area contributed by atoms with Crippen LogP contribution in [0.4, 0.5) is 0 Å². The first kappa shape index (κ1) is 18.8. The number of ether oxygens (including phenoxy) is 2. The summed E-state index contributed by atoms with van der Waals surface area (Å²) in [5.41, 5.74) is 3.69. The lowest BCUT2D eigenvalue weighted by Gasteiger charge is -2.12. The van der Waals surface area contributed by atoms with E-state index in [0.717, 1.165) is 5.56 Å². The van der Waals surface area contributed by atoms with Gasteiger partial charge in [0.2, 0.25) is 0 Å². The molecule has 1 N–H and O–H groups in total. The molecule has 5 nitrogen and oxygen atoms in total. The van der Waals surface area contributed by atoms with Crippen molar-refractivity contribution in [1.82, 2.24) is 5.43 Å². The average Bonchev–Trinajstić information content (AvgIpc) is 2.60. The van der Waals surface area contributed by atoms with Crippen molar-refractivity contribution in [3.63, 3.8) is 0 Å². The normalized spacial score (nSPS) is 10.9. The van der Waals surface area contributed by atoms with Gasteiger partial charge in [-0.05, 0) is 47.9 Å². The highest BCUT2D eigenvalue weighted by molar-refractivity contribution is 6.30. The van der Waals surface area contributed by atoms with E-state index in [-0.39, 0.29) is 5.91 Å². The van der Waals surface area contributed by atoms with Gasteiger partial charge in [0, 0.05) is 10.6 Å². The summed E-state index contributed by atoms with van der Waals surface area (Å²) in [4.78, 5) is 12.0. The fourth-order valence-electron chi connectivity index (χ4n) is 2.00. The fourth-order valence-corrected chi connectivity index (χ4v) is 2.19. The van der Waals surface area contributed by atoms with E-state index in [2.05, 4.69) is 24.4 Å². The molecule has 0 fully saturated rings. The highest BCUT2D eigenvalue weighted by Gasteiger charge is 2.07. The Bertz CT molecular complexity index is 760. The van der Waals surface area contributed by atoms with E-state index < -0.39 is 0 Å². The third-order valence-electron chi connectivity index (χ3n) is 3.23. The van der Waals surface area contributed by atoms with Crippen LogP contribution in [-0.4, -0.2) is 25.8 Å². The molecule has 0 aliphatic carbocycles. The largest absolute Gasteiger partial charge is 0.493 e. The first-order valence-corrected chi connectivity index (χ1v) is 8.27. The van der Waals surface area contributed by atoms with Crippen molar-refractivity contribution in [3.8, 4) is 11.5 Å². The molecule has 2 aromatic carbocycles. The highest BCUT2D eigenvalue weighted by atomic mass is 35.5. The molecule has 0 saturated heterocycles. The second kappa shape index (κ2) is 9.08. The zero-order valence-electron chi connectivity index (χ0n) is 14.5. The first-order chi connectivity index (χ1) is 12.0. The molecule has 0 atom stereocenters. The quantitative estimate of drug-likeness (QED) is 0.596. The molecule has 132 valence electrons. The van der Waals surface area contributed by atoms with Crippen LogP contribution in [-0.2, 0) is 0 Å². The molecule has 25 heavy (non-hydrogen) atoms. The van der Waals surface area contributed by atoms with Crippen molar-refractivity contribution >= 4 is 23.7 Å². The minimum absolute atomic E-state index is 0.331. The van der Waals surface area contributed by atoms with E-state index in [1.54, 1.807) is 37.4 Å².